The molecule has 2 N–H and O–H groups in total. The zero-order valence-electron chi connectivity index (χ0n) is 13.9. The van der Waals surface area contributed by atoms with Gasteiger partial charge in [-0.3, -0.25) is 4.79 Å². The number of piperidine rings is 1. The lowest BCUT2D eigenvalue weighted by molar-refractivity contribution is -0.116. The molecule has 1 heterocycles. The Labute approximate surface area is 134 Å². The van der Waals surface area contributed by atoms with E-state index in [1.54, 1.807) is 0 Å². The Morgan fingerprint density at radius 3 is 2.55 bits per heavy atom. The van der Waals surface area contributed by atoms with Gasteiger partial charge in [0.1, 0.15) is 0 Å². The number of nitrogens with zero attached hydrogens (tertiary/aromatic N) is 1. The molecule has 0 aliphatic carbocycles. The molecule has 0 radical (unpaired) electrons. The molecular weight excluding hydrogens is 274 g/mol. The third-order valence-electron chi connectivity index (χ3n) is 4.32. The van der Waals surface area contributed by atoms with Crippen molar-refractivity contribution in [1.29, 1.82) is 0 Å². The summed E-state index contributed by atoms with van der Waals surface area (Å²) in [7, 11) is 4.16. The average molecular weight is 303 g/mol. The summed E-state index contributed by atoms with van der Waals surface area (Å²) in [4.78, 5) is 14.2. The number of anilines is 1. The van der Waals surface area contributed by atoms with Crippen LogP contribution in [0.1, 0.15) is 31.2 Å². The first-order valence-corrected chi connectivity index (χ1v) is 8.38. The molecule has 1 aromatic rings. The number of hydrogen-bond donors (Lipinski definition) is 2. The lowest BCUT2D eigenvalue weighted by Crippen LogP contribution is -2.28. The molecule has 4 heteroatoms. The van der Waals surface area contributed by atoms with Gasteiger partial charge in [0.25, 0.3) is 0 Å². The molecule has 1 fully saturated rings. The van der Waals surface area contributed by atoms with E-state index in [1.165, 1.54) is 18.4 Å². The van der Waals surface area contributed by atoms with Crippen LogP contribution < -0.4 is 10.6 Å². The number of amides is 1. The van der Waals surface area contributed by atoms with Gasteiger partial charge in [-0.15, -0.1) is 0 Å². The fourth-order valence-corrected chi connectivity index (χ4v) is 2.84. The number of benzene rings is 1. The van der Waals surface area contributed by atoms with Crippen molar-refractivity contribution in [2.45, 2.75) is 32.1 Å². The summed E-state index contributed by atoms with van der Waals surface area (Å²) in [6.45, 7) is 3.24. The number of carbonyl (C=O) groups excluding carboxylic acids is 1. The van der Waals surface area contributed by atoms with Crippen molar-refractivity contribution in [2.75, 3.05) is 39.0 Å². The van der Waals surface area contributed by atoms with Crippen LogP contribution in [0.25, 0.3) is 0 Å². The maximum Gasteiger partial charge on any atom is 0.224 e. The Kier molecular flexibility index (Phi) is 6.87. The highest BCUT2D eigenvalue weighted by Gasteiger charge is 2.14. The minimum Gasteiger partial charge on any atom is -0.326 e. The maximum atomic E-state index is 12.0. The van der Waals surface area contributed by atoms with E-state index in [9.17, 15) is 4.79 Å². The third kappa shape index (κ3) is 6.16. The van der Waals surface area contributed by atoms with Crippen molar-refractivity contribution < 1.29 is 4.79 Å². The molecule has 0 atom stereocenters. The Morgan fingerprint density at radius 1 is 1.23 bits per heavy atom. The van der Waals surface area contributed by atoms with Gasteiger partial charge >= 0.3 is 0 Å². The first kappa shape index (κ1) is 17.0. The van der Waals surface area contributed by atoms with Gasteiger partial charge in [-0.1, -0.05) is 12.1 Å². The van der Waals surface area contributed by atoms with E-state index in [-0.39, 0.29) is 5.91 Å². The molecular formula is C18H29N3O. The summed E-state index contributed by atoms with van der Waals surface area (Å²) in [6.07, 6.45) is 5.08. The van der Waals surface area contributed by atoms with E-state index in [1.807, 2.05) is 12.1 Å². The van der Waals surface area contributed by atoms with E-state index >= 15 is 0 Å². The van der Waals surface area contributed by atoms with Gasteiger partial charge in [0.2, 0.25) is 5.91 Å². The molecule has 0 unspecified atom stereocenters. The fraction of sp³-hybridized carbons (Fsp3) is 0.611. The monoisotopic (exact) mass is 303 g/mol. The topological polar surface area (TPSA) is 44.4 Å². The largest absolute Gasteiger partial charge is 0.326 e. The zero-order chi connectivity index (χ0) is 15.8. The summed E-state index contributed by atoms with van der Waals surface area (Å²) >= 11 is 0. The van der Waals surface area contributed by atoms with Crippen molar-refractivity contribution in [3.05, 3.63) is 29.8 Å². The molecule has 1 amide bonds. The lowest BCUT2D eigenvalue weighted by Gasteiger charge is -2.22. The van der Waals surface area contributed by atoms with E-state index in [0.29, 0.717) is 12.3 Å². The van der Waals surface area contributed by atoms with Crippen LogP contribution in [0.5, 0.6) is 0 Å². The lowest BCUT2D eigenvalue weighted by atomic mass is 9.93. The molecule has 1 saturated heterocycles. The second kappa shape index (κ2) is 8.91. The normalized spacial score (nSPS) is 16.0. The van der Waals surface area contributed by atoms with Gasteiger partial charge in [-0.05, 0) is 76.5 Å². The Morgan fingerprint density at radius 2 is 1.91 bits per heavy atom. The van der Waals surface area contributed by atoms with Gasteiger partial charge in [-0.25, -0.2) is 0 Å². The van der Waals surface area contributed by atoms with Crippen LogP contribution in [0.2, 0.25) is 0 Å². The zero-order valence-corrected chi connectivity index (χ0v) is 13.9. The second-order valence-corrected chi connectivity index (χ2v) is 6.53. The van der Waals surface area contributed by atoms with Crippen molar-refractivity contribution >= 4 is 11.6 Å². The Balaban J connectivity index is 1.71. The molecule has 0 bridgehead atoms. The summed E-state index contributed by atoms with van der Waals surface area (Å²) < 4.78 is 0. The van der Waals surface area contributed by atoms with Crippen LogP contribution in [-0.2, 0) is 11.2 Å². The summed E-state index contributed by atoms with van der Waals surface area (Å²) in [5, 5.41) is 6.37. The van der Waals surface area contributed by atoms with Crippen LogP contribution in [0.15, 0.2) is 24.3 Å². The number of nitrogens with one attached hydrogen (secondary N) is 2. The predicted octanol–water partition coefficient (Wildman–Crippen LogP) is 2.51. The number of rotatable bonds is 7. The van der Waals surface area contributed by atoms with E-state index in [2.05, 4.69) is 41.8 Å². The minimum atomic E-state index is 0.138. The molecule has 122 valence electrons. The molecule has 2 rings (SSSR count). The van der Waals surface area contributed by atoms with Crippen molar-refractivity contribution in [2.24, 2.45) is 5.92 Å². The van der Waals surface area contributed by atoms with E-state index < -0.39 is 0 Å². The second-order valence-electron chi connectivity index (χ2n) is 6.53. The molecule has 1 aliphatic heterocycles. The minimum absolute atomic E-state index is 0.138. The SMILES string of the molecule is CN(C)CCc1ccc(NC(=O)CCC2CCNCC2)cc1. The number of carbonyl (C=O) groups is 1. The third-order valence-corrected chi connectivity index (χ3v) is 4.32. The first-order valence-electron chi connectivity index (χ1n) is 8.38. The Bertz CT molecular complexity index is 450. The molecule has 4 nitrogen and oxygen atoms in total. The molecule has 22 heavy (non-hydrogen) atoms. The van der Waals surface area contributed by atoms with Crippen LogP contribution >= 0.6 is 0 Å². The first-order chi connectivity index (χ1) is 10.6. The van der Waals surface area contributed by atoms with Gasteiger partial charge in [0, 0.05) is 18.7 Å². The maximum absolute atomic E-state index is 12.0. The van der Waals surface area contributed by atoms with Crippen molar-refractivity contribution in [1.82, 2.24) is 10.2 Å². The molecule has 0 saturated carbocycles. The smallest absolute Gasteiger partial charge is 0.224 e. The molecule has 1 aliphatic rings. The summed E-state index contributed by atoms with van der Waals surface area (Å²) in [6, 6.07) is 8.22. The van der Waals surface area contributed by atoms with Crippen LogP contribution in [-0.4, -0.2) is 44.5 Å². The van der Waals surface area contributed by atoms with Crippen LogP contribution in [0, 0.1) is 5.92 Å². The highest BCUT2D eigenvalue weighted by molar-refractivity contribution is 5.90. The van der Waals surface area contributed by atoms with Gasteiger partial charge < -0.3 is 15.5 Å². The number of likely N-dealkylation sites (N-methyl/N-ethyl adjacent to an activating group) is 1. The molecule has 1 aromatic carbocycles. The van der Waals surface area contributed by atoms with Gasteiger partial charge in [0.05, 0.1) is 0 Å². The van der Waals surface area contributed by atoms with Crippen molar-refractivity contribution in [3.8, 4) is 0 Å². The van der Waals surface area contributed by atoms with Gasteiger partial charge in [-0.2, -0.15) is 0 Å². The summed E-state index contributed by atoms with van der Waals surface area (Å²) in [5.41, 5.74) is 2.21. The van der Waals surface area contributed by atoms with E-state index in [4.69, 9.17) is 0 Å². The quantitative estimate of drug-likeness (QED) is 0.813. The fourth-order valence-electron chi connectivity index (χ4n) is 2.84. The highest BCUT2D eigenvalue weighted by atomic mass is 16.1. The summed E-state index contributed by atoms with van der Waals surface area (Å²) in [5.74, 6) is 0.847. The standard InChI is InChI=1S/C18H29N3O/c1-21(2)14-11-15-3-6-17(7-4-15)20-18(22)8-5-16-9-12-19-13-10-16/h3-4,6-7,16,19H,5,8-14H2,1-2H3,(H,20,22). The Hall–Kier alpha value is -1.39. The molecule has 0 spiro atoms. The van der Waals surface area contributed by atoms with Crippen LogP contribution in [0.4, 0.5) is 5.69 Å². The highest BCUT2D eigenvalue weighted by Crippen LogP contribution is 2.18. The van der Waals surface area contributed by atoms with Gasteiger partial charge in [0.15, 0.2) is 0 Å². The van der Waals surface area contributed by atoms with Crippen molar-refractivity contribution in [3.63, 3.8) is 0 Å². The van der Waals surface area contributed by atoms with Crippen LogP contribution in [0.3, 0.4) is 0 Å². The number of hydrogen-bond acceptors (Lipinski definition) is 3. The average Bonchev–Trinajstić information content (AvgIpc) is 2.53. The molecule has 0 aromatic heterocycles. The predicted molar refractivity (Wildman–Crippen MR) is 92.2 cm³/mol. The van der Waals surface area contributed by atoms with E-state index in [0.717, 1.165) is 38.2 Å².